The number of aromatic nitrogens is 1. The molecule has 1 heterocycles. The van der Waals surface area contributed by atoms with E-state index in [9.17, 15) is 4.79 Å². The summed E-state index contributed by atoms with van der Waals surface area (Å²) in [6.45, 7) is 4.05. The molecule has 118 valence electrons. The topological polar surface area (TPSA) is 66.5 Å². The summed E-state index contributed by atoms with van der Waals surface area (Å²) in [6, 6.07) is 9.26. The third kappa shape index (κ3) is 3.14. The Morgan fingerprint density at radius 2 is 2.00 bits per heavy atom. The molecule has 1 aromatic carbocycles. The number of benzene rings is 1. The quantitative estimate of drug-likeness (QED) is 0.859. The first-order chi connectivity index (χ1) is 10.5. The first-order valence-electron chi connectivity index (χ1n) is 7.13. The second-order valence-electron chi connectivity index (χ2n) is 5.27. The molecule has 2 N–H and O–H groups in total. The number of ether oxygens (including phenoxy) is 2. The number of methoxy groups -OCH3 is 2. The normalized spacial score (nSPS) is 12.0. The van der Waals surface area contributed by atoms with Crippen molar-refractivity contribution in [3.63, 3.8) is 0 Å². The monoisotopic (exact) mass is 302 g/mol. The van der Waals surface area contributed by atoms with Crippen LogP contribution in [0, 0.1) is 13.8 Å². The van der Waals surface area contributed by atoms with Crippen molar-refractivity contribution in [1.29, 1.82) is 0 Å². The Hall–Kier alpha value is -2.27. The number of rotatable bonds is 5. The van der Waals surface area contributed by atoms with Gasteiger partial charge in [0.1, 0.15) is 11.8 Å². The van der Waals surface area contributed by atoms with E-state index in [1.807, 2.05) is 38.1 Å². The fraction of sp³-hybridized carbons (Fsp3) is 0.353. The van der Waals surface area contributed by atoms with Crippen molar-refractivity contribution < 1.29 is 14.3 Å². The summed E-state index contributed by atoms with van der Waals surface area (Å²) in [5.74, 6) is 0.406. The van der Waals surface area contributed by atoms with Crippen molar-refractivity contribution in [2.75, 3.05) is 14.2 Å². The van der Waals surface area contributed by atoms with Crippen LogP contribution >= 0.6 is 0 Å². The molecule has 1 unspecified atom stereocenters. The molecule has 2 aromatic rings. The van der Waals surface area contributed by atoms with E-state index in [2.05, 4.69) is 15.4 Å². The molecule has 2 rings (SSSR count). The van der Waals surface area contributed by atoms with E-state index in [4.69, 9.17) is 10.5 Å². The largest absolute Gasteiger partial charge is 0.497 e. The van der Waals surface area contributed by atoms with Gasteiger partial charge in [-0.05, 0) is 37.6 Å². The van der Waals surface area contributed by atoms with Crippen molar-refractivity contribution >= 4 is 5.97 Å². The maximum Gasteiger partial charge on any atom is 0.322 e. The zero-order valence-electron chi connectivity index (χ0n) is 13.4. The molecule has 0 bridgehead atoms. The molecule has 0 amide bonds. The number of carbonyl (C=O) groups excluding carboxylic acids is 1. The van der Waals surface area contributed by atoms with Gasteiger partial charge in [-0.3, -0.25) is 4.79 Å². The molecule has 22 heavy (non-hydrogen) atoms. The molecule has 0 aliphatic rings. The Morgan fingerprint density at radius 1 is 1.27 bits per heavy atom. The highest BCUT2D eigenvalue weighted by molar-refractivity contribution is 5.75. The lowest BCUT2D eigenvalue weighted by Gasteiger charge is -2.12. The lowest BCUT2D eigenvalue weighted by Crippen LogP contribution is -2.33. The molecule has 0 aliphatic carbocycles. The first-order valence-corrected chi connectivity index (χ1v) is 7.13. The van der Waals surface area contributed by atoms with E-state index < -0.39 is 12.0 Å². The number of nitrogens with zero attached hydrogens (tertiary/aromatic N) is 1. The van der Waals surface area contributed by atoms with Gasteiger partial charge >= 0.3 is 5.97 Å². The minimum absolute atomic E-state index is 0.397. The van der Waals surface area contributed by atoms with Gasteiger partial charge in [0.05, 0.1) is 14.2 Å². The molecule has 0 fully saturated rings. The number of esters is 1. The summed E-state index contributed by atoms with van der Waals surface area (Å²) in [7, 11) is 3.00. The Balaban J connectivity index is 2.36. The number of carbonyl (C=O) groups is 1. The molecular weight excluding hydrogens is 280 g/mol. The van der Waals surface area contributed by atoms with Crippen LogP contribution in [0.2, 0.25) is 0 Å². The Kier molecular flexibility index (Phi) is 4.88. The summed E-state index contributed by atoms with van der Waals surface area (Å²) in [4.78, 5) is 11.5. The van der Waals surface area contributed by atoms with Crippen LogP contribution in [0.3, 0.4) is 0 Å². The van der Waals surface area contributed by atoms with Crippen molar-refractivity contribution in [1.82, 2.24) is 4.57 Å². The van der Waals surface area contributed by atoms with Crippen molar-refractivity contribution in [3.05, 3.63) is 47.3 Å². The third-order valence-corrected chi connectivity index (χ3v) is 3.79. The predicted molar refractivity (Wildman–Crippen MR) is 85.5 cm³/mol. The van der Waals surface area contributed by atoms with Gasteiger partial charge in [-0.2, -0.15) is 0 Å². The van der Waals surface area contributed by atoms with Gasteiger partial charge in [0.25, 0.3) is 0 Å². The minimum atomic E-state index is -0.649. The predicted octanol–water partition coefficient (Wildman–Crippen LogP) is 2.15. The van der Waals surface area contributed by atoms with E-state index in [0.717, 1.165) is 28.4 Å². The molecule has 1 aromatic heterocycles. The first kappa shape index (κ1) is 16.1. The Bertz CT molecular complexity index is 677. The summed E-state index contributed by atoms with van der Waals surface area (Å²) >= 11 is 0. The third-order valence-electron chi connectivity index (χ3n) is 3.79. The molecular formula is C17H22N2O3. The molecule has 0 aliphatic heterocycles. The van der Waals surface area contributed by atoms with E-state index in [1.54, 1.807) is 7.11 Å². The van der Waals surface area contributed by atoms with Crippen LogP contribution in [-0.4, -0.2) is 30.8 Å². The van der Waals surface area contributed by atoms with Gasteiger partial charge in [-0.1, -0.05) is 6.07 Å². The van der Waals surface area contributed by atoms with Crippen LogP contribution in [0.1, 0.15) is 17.0 Å². The van der Waals surface area contributed by atoms with E-state index in [-0.39, 0.29) is 0 Å². The maximum atomic E-state index is 11.5. The number of nitrogens with two attached hydrogens (primary N) is 1. The number of hydrogen-bond donors (Lipinski definition) is 1. The van der Waals surface area contributed by atoms with Gasteiger partial charge in [0.15, 0.2) is 0 Å². The van der Waals surface area contributed by atoms with E-state index >= 15 is 0 Å². The van der Waals surface area contributed by atoms with E-state index in [1.165, 1.54) is 7.11 Å². The zero-order chi connectivity index (χ0) is 16.3. The van der Waals surface area contributed by atoms with Crippen molar-refractivity contribution in [2.45, 2.75) is 26.3 Å². The van der Waals surface area contributed by atoms with Gasteiger partial charge in [0, 0.05) is 29.6 Å². The molecule has 5 heteroatoms. The average molecular weight is 302 g/mol. The van der Waals surface area contributed by atoms with Crippen LogP contribution in [0.25, 0.3) is 5.69 Å². The van der Waals surface area contributed by atoms with Crippen LogP contribution in [0.15, 0.2) is 30.3 Å². The van der Waals surface area contributed by atoms with Gasteiger partial charge < -0.3 is 19.8 Å². The van der Waals surface area contributed by atoms with Crippen LogP contribution < -0.4 is 10.5 Å². The van der Waals surface area contributed by atoms with Crippen molar-refractivity contribution in [2.24, 2.45) is 5.73 Å². The van der Waals surface area contributed by atoms with Crippen LogP contribution in [0.5, 0.6) is 5.75 Å². The highest BCUT2D eigenvalue weighted by Crippen LogP contribution is 2.24. The van der Waals surface area contributed by atoms with Gasteiger partial charge in [0.2, 0.25) is 0 Å². The number of aryl methyl sites for hydroxylation is 1. The summed E-state index contributed by atoms with van der Waals surface area (Å²) < 4.78 is 12.1. The van der Waals surface area contributed by atoms with Crippen LogP contribution in [0.4, 0.5) is 0 Å². The average Bonchev–Trinajstić information content (AvgIpc) is 2.80. The molecule has 0 spiro atoms. The second kappa shape index (κ2) is 6.66. The SMILES string of the molecule is COC(=O)C(N)Cc1cc(C)n(-c2cccc(OC)c2)c1C. The Labute approximate surface area is 130 Å². The lowest BCUT2D eigenvalue weighted by atomic mass is 10.1. The molecule has 0 radical (unpaired) electrons. The van der Waals surface area contributed by atoms with Gasteiger partial charge in [-0.25, -0.2) is 0 Å². The highest BCUT2D eigenvalue weighted by atomic mass is 16.5. The van der Waals surface area contributed by atoms with Crippen LogP contribution in [-0.2, 0) is 16.0 Å². The molecule has 5 nitrogen and oxygen atoms in total. The molecule has 1 atom stereocenters. The molecule has 0 saturated heterocycles. The van der Waals surface area contributed by atoms with Crippen molar-refractivity contribution in [3.8, 4) is 11.4 Å². The fourth-order valence-corrected chi connectivity index (χ4v) is 2.65. The zero-order valence-corrected chi connectivity index (χ0v) is 13.4. The summed E-state index contributed by atoms with van der Waals surface area (Å²) in [5, 5.41) is 0. The highest BCUT2D eigenvalue weighted by Gasteiger charge is 2.18. The Morgan fingerprint density at radius 3 is 2.64 bits per heavy atom. The molecule has 0 saturated carbocycles. The smallest absolute Gasteiger partial charge is 0.322 e. The van der Waals surface area contributed by atoms with E-state index in [0.29, 0.717) is 6.42 Å². The summed E-state index contributed by atoms with van der Waals surface area (Å²) in [5.41, 5.74) is 10.1. The minimum Gasteiger partial charge on any atom is -0.497 e. The maximum absolute atomic E-state index is 11.5. The fourth-order valence-electron chi connectivity index (χ4n) is 2.65. The summed E-state index contributed by atoms with van der Waals surface area (Å²) in [6.07, 6.45) is 0.455. The number of hydrogen-bond acceptors (Lipinski definition) is 4. The standard InChI is InChI=1S/C17H22N2O3/c1-11-8-13(9-16(18)17(20)22-4)12(2)19(11)14-6-5-7-15(10-14)21-3/h5-8,10,16H,9,18H2,1-4H3. The van der Waals surface area contributed by atoms with Gasteiger partial charge in [-0.15, -0.1) is 0 Å². The second-order valence-corrected chi connectivity index (χ2v) is 5.27. The lowest BCUT2D eigenvalue weighted by molar-refractivity contribution is -0.142.